The zero-order valence-electron chi connectivity index (χ0n) is 15.7. The van der Waals surface area contributed by atoms with Crippen LogP contribution in [0.5, 0.6) is 0 Å². The fourth-order valence-electron chi connectivity index (χ4n) is 3.54. The Bertz CT molecular complexity index is 820. The zero-order chi connectivity index (χ0) is 19.3. The summed E-state index contributed by atoms with van der Waals surface area (Å²) in [5, 5.41) is 5.47. The molecule has 0 aliphatic carbocycles. The molecule has 148 valence electrons. The molecule has 2 aliphatic rings. The number of aromatic nitrogens is 1. The minimum absolute atomic E-state index is 0.0242. The van der Waals surface area contributed by atoms with Crippen molar-refractivity contribution in [2.75, 3.05) is 38.2 Å². The van der Waals surface area contributed by atoms with Gasteiger partial charge >= 0.3 is 0 Å². The molecular weight excluding hydrogens is 376 g/mol. The number of nitrogens with zero attached hydrogens (tertiary/aromatic N) is 3. The topological polar surface area (TPSA) is 74.8 Å². The van der Waals surface area contributed by atoms with Crippen molar-refractivity contribution in [3.8, 4) is 0 Å². The van der Waals surface area contributed by atoms with Gasteiger partial charge in [-0.05, 0) is 5.56 Å². The van der Waals surface area contributed by atoms with Gasteiger partial charge in [0.05, 0.1) is 24.8 Å². The highest BCUT2D eigenvalue weighted by molar-refractivity contribution is 7.13. The molecule has 2 aliphatic heterocycles. The quantitative estimate of drug-likeness (QED) is 0.802. The third-order valence-corrected chi connectivity index (χ3v) is 5.88. The van der Waals surface area contributed by atoms with Gasteiger partial charge in [0.25, 0.3) is 0 Å². The Hall–Kier alpha value is -2.29. The molecule has 2 aromatic rings. The Morgan fingerprint density at radius 1 is 1.21 bits per heavy atom. The molecule has 7 nitrogen and oxygen atoms in total. The van der Waals surface area contributed by atoms with Crippen LogP contribution >= 0.6 is 11.3 Å². The number of likely N-dealkylation sites (tertiary alicyclic amines) is 1. The van der Waals surface area contributed by atoms with E-state index in [0.717, 1.165) is 44.1 Å². The molecule has 8 heteroatoms. The molecule has 0 spiro atoms. The lowest BCUT2D eigenvalue weighted by atomic mass is 10.1. The van der Waals surface area contributed by atoms with E-state index in [4.69, 9.17) is 4.74 Å². The van der Waals surface area contributed by atoms with E-state index in [1.807, 2.05) is 35.7 Å². The van der Waals surface area contributed by atoms with E-state index >= 15 is 0 Å². The summed E-state index contributed by atoms with van der Waals surface area (Å²) in [5.41, 5.74) is 2.03. The summed E-state index contributed by atoms with van der Waals surface area (Å²) in [6.07, 6.45) is 0.255. The van der Waals surface area contributed by atoms with Crippen LogP contribution < -0.4 is 5.32 Å². The second-order valence-electron chi connectivity index (χ2n) is 7.18. The number of thiazole rings is 1. The number of anilines is 1. The van der Waals surface area contributed by atoms with Crippen molar-refractivity contribution in [2.24, 2.45) is 5.92 Å². The van der Waals surface area contributed by atoms with Crippen LogP contribution in [-0.2, 0) is 27.4 Å². The highest BCUT2D eigenvalue weighted by atomic mass is 32.1. The fraction of sp³-hybridized carbons (Fsp3) is 0.450. The number of carbonyl (C=O) groups is 2. The number of ether oxygens (including phenoxy) is 1. The Morgan fingerprint density at radius 3 is 2.79 bits per heavy atom. The molecule has 0 unspecified atom stereocenters. The van der Waals surface area contributed by atoms with Crippen LogP contribution in [0.3, 0.4) is 0 Å². The number of benzene rings is 1. The van der Waals surface area contributed by atoms with Crippen molar-refractivity contribution in [2.45, 2.75) is 19.5 Å². The van der Waals surface area contributed by atoms with Gasteiger partial charge in [0, 0.05) is 44.5 Å². The van der Waals surface area contributed by atoms with E-state index in [2.05, 4.69) is 15.2 Å². The van der Waals surface area contributed by atoms with Gasteiger partial charge in [-0.3, -0.25) is 14.5 Å². The summed E-state index contributed by atoms with van der Waals surface area (Å²) < 4.78 is 5.36. The van der Waals surface area contributed by atoms with Crippen molar-refractivity contribution < 1.29 is 14.3 Å². The Morgan fingerprint density at radius 2 is 2.00 bits per heavy atom. The zero-order valence-corrected chi connectivity index (χ0v) is 16.5. The van der Waals surface area contributed by atoms with E-state index in [0.29, 0.717) is 18.2 Å². The smallest absolute Gasteiger partial charge is 0.231 e. The van der Waals surface area contributed by atoms with Crippen LogP contribution in [0.25, 0.3) is 0 Å². The number of hydrogen-bond acceptors (Lipinski definition) is 6. The maximum atomic E-state index is 12.6. The SMILES string of the molecule is O=C(Nc1nc(CN2CCOCC2)cs1)[C@@H]1CC(=O)N(Cc2ccccc2)C1. The fourth-order valence-corrected chi connectivity index (χ4v) is 4.24. The third-order valence-electron chi connectivity index (χ3n) is 5.07. The number of carbonyl (C=O) groups excluding carboxylic acids is 2. The molecule has 1 aromatic heterocycles. The van der Waals surface area contributed by atoms with E-state index in [1.54, 1.807) is 4.90 Å². The highest BCUT2D eigenvalue weighted by Gasteiger charge is 2.34. The molecular formula is C20H24N4O3S. The van der Waals surface area contributed by atoms with Gasteiger partial charge in [0.2, 0.25) is 11.8 Å². The number of morpholine rings is 1. The van der Waals surface area contributed by atoms with E-state index < -0.39 is 0 Å². The Labute approximate surface area is 168 Å². The minimum Gasteiger partial charge on any atom is -0.379 e. The molecule has 1 N–H and O–H groups in total. The van der Waals surface area contributed by atoms with Crippen molar-refractivity contribution in [1.29, 1.82) is 0 Å². The number of rotatable bonds is 6. The molecule has 1 aromatic carbocycles. The number of nitrogens with one attached hydrogen (secondary N) is 1. The van der Waals surface area contributed by atoms with Crippen LogP contribution in [0, 0.1) is 5.92 Å². The lowest BCUT2D eigenvalue weighted by Crippen LogP contribution is -2.35. The summed E-state index contributed by atoms with van der Waals surface area (Å²) in [7, 11) is 0. The molecule has 4 rings (SSSR count). The van der Waals surface area contributed by atoms with Gasteiger partial charge in [-0.15, -0.1) is 11.3 Å². The maximum absolute atomic E-state index is 12.6. The Balaban J connectivity index is 1.29. The standard InChI is InChI=1S/C20H24N4O3S/c25-18-10-16(12-24(18)11-15-4-2-1-3-5-15)19(26)22-20-21-17(14-28-20)13-23-6-8-27-9-7-23/h1-5,14,16H,6-13H2,(H,21,22,26)/t16-/m1/s1. The van der Waals surface area contributed by atoms with Crippen molar-refractivity contribution in [3.63, 3.8) is 0 Å². The van der Waals surface area contributed by atoms with Gasteiger partial charge < -0.3 is 15.0 Å². The summed E-state index contributed by atoms with van der Waals surface area (Å²) in [5.74, 6) is -0.435. The minimum atomic E-state index is -0.331. The molecule has 3 heterocycles. The van der Waals surface area contributed by atoms with E-state index in [9.17, 15) is 9.59 Å². The van der Waals surface area contributed by atoms with Gasteiger partial charge in [-0.2, -0.15) is 0 Å². The molecule has 0 saturated carbocycles. The molecule has 1 atom stereocenters. The van der Waals surface area contributed by atoms with E-state index in [-0.39, 0.29) is 24.2 Å². The maximum Gasteiger partial charge on any atom is 0.231 e. The molecule has 0 bridgehead atoms. The van der Waals surface area contributed by atoms with Crippen molar-refractivity contribution >= 4 is 28.3 Å². The molecule has 0 radical (unpaired) electrons. The first kappa shape index (κ1) is 19.0. The summed E-state index contributed by atoms with van der Waals surface area (Å²) in [6.45, 7) is 5.08. The summed E-state index contributed by atoms with van der Waals surface area (Å²) >= 11 is 1.43. The average Bonchev–Trinajstić information content (AvgIpc) is 3.30. The van der Waals surface area contributed by atoms with Crippen LogP contribution in [0.15, 0.2) is 35.7 Å². The molecule has 2 amide bonds. The van der Waals surface area contributed by atoms with Gasteiger partial charge in [-0.1, -0.05) is 30.3 Å². The monoisotopic (exact) mass is 400 g/mol. The summed E-state index contributed by atoms with van der Waals surface area (Å²) in [6, 6.07) is 9.85. The van der Waals surface area contributed by atoms with Crippen LogP contribution in [0.1, 0.15) is 17.7 Å². The van der Waals surface area contributed by atoms with Crippen LogP contribution in [-0.4, -0.2) is 59.4 Å². The lowest BCUT2D eigenvalue weighted by Gasteiger charge is -2.25. The largest absolute Gasteiger partial charge is 0.379 e. The predicted octanol–water partition coefficient (Wildman–Crippen LogP) is 1.96. The molecule has 2 saturated heterocycles. The van der Waals surface area contributed by atoms with Gasteiger partial charge in [-0.25, -0.2) is 4.98 Å². The molecule has 28 heavy (non-hydrogen) atoms. The summed E-state index contributed by atoms with van der Waals surface area (Å²) in [4.78, 5) is 33.5. The van der Waals surface area contributed by atoms with E-state index in [1.165, 1.54) is 11.3 Å². The first-order valence-electron chi connectivity index (χ1n) is 9.54. The average molecular weight is 401 g/mol. The number of hydrogen-bond donors (Lipinski definition) is 1. The first-order valence-corrected chi connectivity index (χ1v) is 10.4. The second kappa shape index (κ2) is 8.81. The lowest BCUT2D eigenvalue weighted by molar-refractivity contribution is -0.128. The predicted molar refractivity (Wildman–Crippen MR) is 107 cm³/mol. The van der Waals surface area contributed by atoms with Gasteiger partial charge in [0.15, 0.2) is 5.13 Å². The number of amides is 2. The van der Waals surface area contributed by atoms with Crippen LogP contribution in [0.2, 0.25) is 0 Å². The first-order chi connectivity index (χ1) is 13.7. The second-order valence-corrected chi connectivity index (χ2v) is 8.04. The van der Waals surface area contributed by atoms with Crippen LogP contribution in [0.4, 0.5) is 5.13 Å². The van der Waals surface area contributed by atoms with Gasteiger partial charge in [0.1, 0.15) is 0 Å². The highest BCUT2D eigenvalue weighted by Crippen LogP contribution is 2.23. The normalized spacial score (nSPS) is 20.5. The third kappa shape index (κ3) is 4.76. The Kier molecular flexibility index (Phi) is 5.99. The van der Waals surface area contributed by atoms with Crippen molar-refractivity contribution in [1.82, 2.24) is 14.8 Å². The van der Waals surface area contributed by atoms with Crippen molar-refractivity contribution in [3.05, 3.63) is 47.0 Å². The molecule has 2 fully saturated rings.